The quantitative estimate of drug-likeness (QED) is 0.0160. The van der Waals surface area contributed by atoms with E-state index in [1.54, 1.807) is 0 Å². The topological polar surface area (TPSA) is 202 Å². The van der Waals surface area contributed by atoms with Crippen molar-refractivity contribution < 1.29 is 14.2 Å². The van der Waals surface area contributed by atoms with E-state index in [9.17, 15) is 28.8 Å². The Bertz CT molecular complexity index is 2980. The monoisotopic (exact) mass is 1060 g/mol. The van der Waals surface area contributed by atoms with Crippen molar-refractivity contribution in [3.8, 4) is 50.6 Å². The molecule has 0 saturated heterocycles. The van der Waals surface area contributed by atoms with Gasteiger partial charge in [-0.05, 0) is 127 Å². The van der Waals surface area contributed by atoms with E-state index in [1.807, 2.05) is 36.4 Å². The zero-order valence-electron chi connectivity index (χ0n) is 46.5. The molecule has 7 aromatic carbocycles. The van der Waals surface area contributed by atoms with Gasteiger partial charge in [0, 0.05) is 56.0 Å². The molecule has 0 aliphatic carbocycles. The molecule has 0 fully saturated rings. The van der Waals surface area contributed by atoms with Crippen LogP contribution in [0.2, 0.25) is 0 Å². The van der Waals surface area contributed by atoms with E-state index >= 15 is 0 Å². The van der Waals surface area contributed by atoms with Gasteiger partial charge >= 0.3 is 0 Å². The van der Waals surface area contributed by atoms with Crippen LogP contribution in [0.5, 0.6) is 17.2 Å². The summed E-state index contributed by atoms with van der Waals surface area (Å²) in [5.41, 5.74) is 6.19. The molecule has 414 valence electrons. The van der Waals surface area contributed by atoms with Gasteiger partial charge in [-0.2, -0.15) is 0 Å². The molecule has 0 spiro atoms. The van der Waals surface area contributed by atoms with Crippen LogP contribution in [0.3, 0.4) is 0 Å². The van der Waals surface area contributed by atoms with Crippen molar-refractivity contribution in [2.45, 2.75) is 138 Å². The summed E-state index contributed by atoms with van der Waals surface area (Å²) >= 11 is 0. The molecule has 0 aliphatic heterocycles. The highest BCUT2D eigenvalue weighted by atomic mass is 16.5. The lowest BCUT2D eigenvalue weighted by Gasteiger charge is -2.19. The first-order valence-electron chi connectivity index (χ1n) is 28.3. The van der Waals surface area contributed by atoms with Gasteiger partial charge in [-0.15, -0.1) is 0 Å². The van der Waals surface area contributed by atoms with Crippen molar-refractivity contribution >= 4 is 34.1 Å². The fourth-order valence-electron chi connectivity index (χ4n) is 9.13. The summed E-state index contributed by atoms with van der Waals surface area (Å²) in [5, 5.41) is 19.3. The summed E-state index contributed by atoms with van der Waals surface area (Å²) in [5.74, 6) is 1.99. The smallest absolute Gasteiger partial charge is 0.253 e. The Balaban J connectivity index is 1.33. The summed E-state index contributed by atoms with van der Waals surface area (Å²) in [4.78, 5) is 76.7. The second-order valence-electron chi connectivity index (χ2n) is 20.0. The van der Waals surface area contributed by atoms with E-state index in [2.05, 4.69) is 110 Å². The van der Waals surface area contributed by atoms with E-state index in [0.717, 1.165) is 127 Å². The van der Waals surface area contributed by atoms with Crippen LogP contribution >= 0.6 is 0 Å². The van der Waals surface area contributed by atoms with E-state index < -0.39 is 32.6 Å². The number of ether oxygens (including phenoxy) is 3. The minimum atomic E-state index is -0.550. The van der Waals surface area contributed by atoms with Gasteiger partial charge in [0.25, 0.3) is 32.6 Å². The maximum Gasteiger partial charge on any atom is 0.253 e. The van der Waals surface area contributed by atoms with Gasteiger partial charge in [-0.1, -0.05) is 98.3 Å². The van der Waals surface area contributed by atoms with E-state index in [0.29, 0.717) is 73.8 Å². The summed E-state index contributed by atoms with van der Waals surface area (Å²) in [6.45, 7) is 16.5. The first kappa shape index (κ1) is 58.0. The Morgan fingerprint density at radius 3 is 0.782 bits per heavy atom. The second kappa shape index (κ2) is 28.6. The predicted octanol–water partition coefficient (Wildman–Crippen LogP) is 11.5. The Morgan fingerprint density at radius 2 is 0.538 bits per heavy atom. The number of unbranched alkanes of at least 4 members (excludes halogenated alkanes) is 6. The number of hydrogen-bond donors (Lipinski definition) is 6. The zero-order chi connectivity index (χ0) is 55.6. The van der Waals surface area contributed by atoms with Gasteiger partial charge in [-0.25, -0.2) is 0 Å². The maximum atomic E-state index is 12.9. The van der Waals surface area contributed by atoms with Gasteiger partial charge in [-0.3, -0.25) is 28.8 Å². The Morgan fingerprint density at radius 1 is 0.295 bits per heavy atom. The molecule has 0 saturated carbocycles. The molecule has 7 rings (SSSR count). The molecule has 0 amide bonds. The van der Waals surface area contributed by atoms with Gasteiger partial charge in [0.2, 0.25) is 0 Å². The minimum Gasteiger partial charge on any atom is -0.493 e. The fourth-order valence-corrected chi connectivity index (χ4v) is 9.13. The molecular formula is C63H78N6O9. The highest BCUT2D eigenvalue weighted by molar-refractivity contribution is 5.83. The van der Waals surface area contributed by atoms with E-state index in [4.69, 9.17) is 14.2 Å². The summed E-state index contributed by atoms with van der Waals surface area (Å²) < 4.78 is 19.0. The summed E-state index contributed by atoms with van der Waals surface area (Å²) in [7, 11) is 0. The highest BCUT2D eigenvalue weighted by Crippen LogP contribution is 2.38. The van der Waals surface area contributed by atoms with E-state index in [1.165, 1.54) is 0 Å². The van der Waals surface area contributed by atoms with Crippen molar-refractivity contribution in [1.82, 2.24) is 0 Å². The van der Waals surface area contributed by atoms with E-state index in [-0.39, 0.29) is 36.7 Å². The molecular weight excluding hydrogens is 985 g/mol. The standard InChI is InChI=1S/C63H78N6O9/c1-7-13-25-64-52-55(61(73)58(52)70)67-37-46-31-40(19-22-49(46)76-28-16-10-4)43-34-44(41-20-23-50(77-29-17-11-5)47(32-41)38-68-56-53(59(71)62(56)74)65-26-14-8-2)36-45(35-43)42-21-24-51(78-30-18-12-6)48(33-42)39-69-57-54(60(72)63(57)75)66-27-15-9-3/h19-24,31-36,64-69H,7-18,25-30,37-39H2,1-6H3. The largest absolute Gasteiger partial charge is 0.493 e. The first-order chi connectivity index (χ1) is 38.0. The van der Waals surface area contributed by atoms with Crippen LogP contribution in [-0.2, 0) is 19.6 Å². The van der Waals surface area contributed by atoms with Gasteiger partial charge < -0.3 is 46.1 Å². The lowest BCUT2D eigenvalue weighted by Crippen LogP contribution is -2.37. The average Bonchev–Trinajstić information content (AvgIpc) is 3.49. The molecule has 0 bridgehead atoms. The van der Waals surface area contributed by atoms with Crippen molar-refractivity contribution in [2.75, 3.05) is 71.4 Å². The SMILES string of the molecule is CCCCNc1c(NCc2cc(-c3cc(-c4ccc(OCCCC)c(CNc5c(NCCCC)c(=O)c5=O)c4)cc(-c4ccc(OCCCC)c(CNc5c(NCCCC)c(=O)c5=O)c4)c3)ccc2OCCCC)c(=O)c1=O. The van der Waals surface area contributed by atoms with Crippen LogP contribution in [0.4, 0.5) is 34.1 Å². The van der Waals surface area contributed by atoms with Crippen molar-refractivity contribution in [3.63, 3.8) is 0 Å². The molecule has 0 heterocycles. The third kappa shape index (κ3) is 14.1. The molecule has 78 heavy (non-hydrogen) atoms. The van der Waals surface area contributed by atoms with Gasteiger partial charge in [0.15, 0.2) is 0 Å². The number of rotatable bonds is 36. The minimum absolute atomic E-state index is 0.224. The number of benzene rings is 4. The molecule has 0 radical (unpaired) electrons. The van der Waals surface area contributed by atoms with Crippen molar-refractivity contribution in [1.29, 1.82) is 0 Å². The second-order valence-corrected chi connectivity index (χ2v) is 20.0. The van der Waals surface area contributed by atoms with Gasteiger partial charge in [0.1, 0.15) is 51.4 Å². The fraction of sp³-hybridized carbons (Fsp3) is 0.429. The van der Waals surface area contributed by atoms with Crippen molar-refractivity contribution in [2.24, 2.45) is 0 Å². The molecule has 0 aliphatic rings. The highest BCUT2D eigenvalue weighted by Gasteiger charge is 2.24. The molecule has 15 nitrogen and oxygen atoms in total. The molecule has 0 unspecified atom stereocenters. The van der Waals surface area contributed by atoms with Crippen LogP contribution in [0, 0.1) is 0 Å². The first-order valence-corrected chi connectivity index (χ1v) is 28.3. The average molecular weight is 1060 g/mol. The Kier molecular flexibility index (Phi) is 21.3. The maximum absolute atomic E-state index is 12.9. The third-order valence-corrected chi connectivity index (χ3v) is 14.0. The van der Waals surface area contributed by atoms with Gasteiger partial charge in [0.05, 0.1) is 19.8 Å². The molecule has 6 N–H and O–H groups in total. The number of nitrogens with one attached hydrogen (secondary N) is 6. The van der Waals surface area contributed by atoms with Crippen LogP contribution in [0.25, 0.3) is 33.4 Å². The normalized spacial score (nSPS) is 11.3. The molecule has 15 heteroatoms. The predicted molar refractivity (Wildman–Crippen MR) is 320 cm³/mol. The number of hydrogen-bond acceptors (Lipinski definition) is 15. The molecule has 0 atom stereocenters. The molecule has 0 aromatic heterocycles. The number of anilines is 6. The Hall–Kier alpha value is -7.68. The Labute approximate surface area is 457 Å². The molecule has 7 aromatic rings. The lowest BCUT2D eigenvalue weighted by atomic mass is 9.91. The third-order valence-electron chi connectivity index (χ3n) is 14.0. The van der Waals surface area contributed by atoms with Crippen LogP contribution in [0.15, 0.2) is 102 Å². The summed E-state index contributed by atoms with van der Waals surface area (Å²) in [6.07, 6.45) is 10.8. The van der Waals surface area contributed by atoms with Crippen LogP contribution < -0.4 is 78.7 Å². The van der Waals surface area contributed by atoms with Crippen LogP contribution in [0.1, 0.15) is 135 Å². The summed E-state index contributed by atoms with van der Waals surface area (Å²) in [6, 6.07) is 24.5. The lowest BCUT2D eigenvalue weighted by molar-refractivity contribution is 0.306. The van der Waals surface area contributed by atoms with Crippen LogP contribution in [-0.4, -0.2) is 39.5 Å². The van der Waals surface area contributed by atoms with Crippen molar-refractivity contribution in [3.05, 3.63) is 151 Å². The zero-order valence-corrected chi connectivity index (χ0v) is 46.5.